The molecule has 0 unspecified atom stereocenters. The van der Waals surface area contributed by atoms with Crippen molar-refractivity contribution in [3.63, 3.8) is 0 Å². The molecular weight excluding hydrogens is 204 g/mol. The number of aromatic nitrogens is 2. The molecule has 2 aromatic heterocycles. The van der Waals surface area contributed by atoms with Crippen LogP contribution in [0, 0.1) is 6.92 Å². The molecule has 0 saturated carbocycles. The van der Waals surface area contributed by atoms with Crippen molar-refractivity contribution in [2.75, 3.05) is 0 Å². The van der Waals surface area contributed by atoms with Gasteiger partial charge in [-0.05, 0) is 19.1 Å². The molecule has 56 valence electrons. The number of fused-ring (bicyclic) bond motifs is 1. The normalized spacial score (nSPS) is 10.7. The number of hydrogen-bond donors (Lipinski definition) is 0. The van der Waals surface area contributed by atoms with E-state index in [1.54, 1.807) is 6.20 Å². The van der Waals surface area contributed by atoms with Crippen molar-refractivity contribution >= 4 is 21.6 Å². The molecule has 3 heteroatoms. The molecule has 0 N–H and O–H groups in total. The summed E-state index contributed by atoms with van der Waals surface area (Å²) in [5.74, 6) is 0. The minimum atomic E-state index is 0.983. The lowest BCUT2D eigenvalue weighted by molar-refractivity contribution is 1.09. The Bertz CT molecular complexity index is 392. The van der Waals surface area contributed by atoms with Crippen molar-refractivity contribution < 1.29 is 0 Å². The van der Waals surface area contributed by atoms with Crippen LogP contribution in [0.1, 0.15) is 5.69 Å². The molecule has 0 amide bonds. The van der Waals surface area contributed by atoms with Gasteiger partial charge in [0, 0.05) is 22.6 Å². The molecule has 0 saturated heterocycles. The van der Waals surface area contributed by atoms with Gasteiger partial charge in [0.2, 0.25) is 0 Å². The Morgan fingerprint density at radius 3 is 3.09 bits per heavy atom. The molecule has 0 radical (unpaired) electrons. The van der Waals surface area contributed by atoms with E-state index in [-0.39, 0.29) is 0 Å². The number of halogens is 1. The van der Waals surface area contributed by atoms with Gasteiger partial charge in [-0.2, -0.15) is 0 Å². The van der Waals surface area contributed by atoms with Gasteiger partial charge in [0.1, 0.15) is 5.65 Å². The van der Waals surface area contributed by atoms with Crippen LogP contribution in [0.2, 0.25) is 0 Å². The second-order valence-corrected chi connectivity index (χ2v) is 3.39. The fourth-order valence-electron chi connectivity index (χ4n) is 1.15. The summed E-state index contributed by atoms with van der Waals surface area (Å²) in [5.41, 5.74) is 2.17. The highest BCUT2D eigenvalue weighted by atomic mass is 79.9. The van der Waals surface area contributed by atoms with E-state index in [4.69, 9.17) is 0 Å². The first kappa shape index (κ1) is 6.85. The predicted molar refractivity (Wildman–Crippen MR) is 47.6 cm³/mol. The quantitative estimate of drug-likeness (QED) is 0.653. The number of aryl methyl sites for hydroxylation is 1. The molecule has 0 aliphatic heterocycles. The Labute approximate surface area is 73.0 Å². The second kappa shape index (κ2) is 2.34. The number of hydrogen-bond acceptors (Lipinski definition) is 1. The van der Waals surface area contributed by atoms with Crippen molar-refractivity contribution in [2.24, 2.45) is 0 Å². The topological polar surface area (TPSA) is 17.3 Å². The second-order valence-electron chi connectivity index (χ2n) is 2.47. The van der Waals surface area contributed by atoms with Gasteiger partial charge in [0.15, 0.2) is 0 Å². The molecule has 2 heterocycles. The Hall–Kier alpha value is -0.830. The molecule has 0 atom stereocenters. The lowest BCUT2D eigenvalue weighted by Crippen LogP contribution is -1.88. The largest absolute Gasteiger partial charge is 0.304 e. The molecule has 0 bridgehead atoms. The average molecular weight is 211 g/mol. The molecule has 0 aromatic carbocycles. The lowest BCUT2D eigenvalue weighted by atomic mass is 10.4. The summed E-state index contributed by atoms with van der Waals surface area (Å²) in [6, 6.07) is 4.06. The van der Waals surface area contributed by atoms with Crippen molar-refractivity contribution in [1.29, 1.82) is 0 Å². The Morgan fingerprint density at radius 2 is 2.27 bits per heavy atom. The van der Waals surface area contributed by atoms with Crippen LogP contribution in [-0.2, 0) is 0 Å². The fraction of sp³-hybridized carbons (Fsp3) is 0.125. The van der Waals surface area contributed by atoms with E-state index in [0.29, 0.717) is 0 Å². The zero-order valence-electron chi connectivity index (χ0n) is 6.08. The van der Waals surface area contributed by atoms with E-state index in [0.717, 1.165) is 10.1 Å². The van der Waals surface area contributed by atoms with Crippen LogP contribution in [0.4, 0.5) is 0 Å². The molecule has 0 aliphatic rings. The standard InChI is InChI=1S/C8H7BrN2/c1-6-4-7(9)5-8-10-2-3-11(6)8/h2-5H,1H3. The van der Waals surface area contributed by atoms with E-state index in [9.17, 15) is 0 Å². The monoisotopic (exact) mass is 210 g/mol. The highest BCUT2D eigenvalue weighted by Crippen LogP contribution is 2.14. The van der Waals surface area contributed by atoms with E-state index in [1.165, 1.54) is 5.69 Å². The van der Waals surface area contributed by atoms with Gasteiger partial charge in [-0.25, -0.2) is 4.98 Å². The van der Waals surface area contributed by atoms with Crippen LogP contribution in [0.15, 0.2) is 29.0 Å². The zero-order chi connectivity index (χ0) is 7.84. The maximum Gasteiger partial charge on any atom is 0.137 e. The van der Waals surface area contributed by atoms with Crippen molar-refractivity contribution in [1.82, 2.24) is 9.38 Å². The summed E-state index contributed by atoms with van der Waals surface area (Å²) < 4.78 is 3.12. The summed E-state index contributed by atoms with van der Waals surface area (Å²) in [6.07, 6.45) is 3.76. The first-order valence-corrected chi connectivity index (χ1v) is 4.16. The Balaban J connectivity index is 2.91. The van der Waals surface area contributed by atoms with E-state index in [1.807, 2.05) is 16.7 Å². The maximum atomic E-state index is 4.17. The van der Waals surface area contributed by atoms with Gasteiger partial charge < -0.3 is 4.40 Å². The van der Waals surface area contributed by atoms with Crippen LogP contribution in [-0.4, -0.2) is 9.38 Å². The van der Waals surface area contributed by atoms with Crippen LogP contribution < -0.4 is 0 Å². The first-order chi connectivity index (χ1) is 5.27. The predicted octanol–water partition coefficient (Wildman–Crippen LogP) is 2.41. The summed E-state index contributed by atoms with van der Waals surface area (Å²) in [4.78, 5) is 4.17. The molecule has 2 rings (SSSR count). The minimum absolute atomic E-state index is 0.983. The Morgan fingerprint density at radius 1 is 1.45 bits per heavy atom. The third-order valence-corrected chi connectivity index (χ3v) is 2.12. The van der Waals surface area contributed by atoms with Crippen molar-refractivity contribution in [3.8, 4) is 0 Å². The molecule has 0 aliphatic carbocycles. The van der Waals surface area contributed by atoms with Crippen LogP contribution in [0.5, 0.6) is 0 Å². The SMILES string of the molecule is Cc1cc(Br)cc2nccn12. The number of imidazole rings is 1. The molecule has 0 fully saturated rings. The molecule has 2 aromatic rings. The molecule has 0 spiro atoms. The van der Waals surface area contributed by atoms with Gasteiger partial charge in [-0.3, -0.25) is 0 Å². The summed E-state index contributed by atoms with van der Waals surface area (Å²) in [6.45, 7) is 2.06. The van der Waals surface area contributed by atoms with Gasteiger partial charge in [0.25, 0.3) is 0 Å². The summed E-state index contributed by atoms with van der Waals surface area (Å²) in [7, 11) is 0. The van der Waals surface area contributed by atoms with E-state index in [2.05, 4.69) is 33.9 Å². The minimum Gasteiger partial charge on any atom is -0.304 e. The Kier molecular flexibility index (Phi) is 1.46. The average Bonchev–Trinajstić information content (AvgIpc) is 2.34. The third kappa shape index (κ3) is 1.05. The van der Waals surface area contributed by atoms with Gasteiger partial charge in [0.05, 0.1) is 0 Å². The number of rotatable bonds is 0. The maximum absolute atomic E-state index is 4.17. The van der Waals surface area contributed by atoms with Crippen LogP contribution in [0.3, 0.4) is 0 Å². The third-order valence-electron chi connectivity index (χ3n) is 1.66. The number of nitrogens with zero attached hydrogens (tertiary/aromatic N) is 2. The van der Waals surface area contributed by atoms with E-state index >= 15 is 0 Å². The van der Waals surface area contributed by atoms with Crippen molar-refractivity contribution in [2.45, 2.75) is 6.92 Å². The van der Waals surface area contributed by atoms with E-state index < -0.39 is 0 Å². The molecule has 2 nitrogen and oxygen atoms in total. The van der Waals surface area contributed by atoms with Crippen LogP contribution >= 0.6 is 15.9 Å². The smallest absolute Gasteiger partial charge is 0.137 e. The zero-order valence-corrected chi connectivity index (χ0v) is 7.67. The van der Waals surface area contributed by atoms with Gasteiger partial charge >= 0.3 is 0 Å². The summed E-state index contributed by atoms with van der Waals surface area (Å²) in [5, 5.41) is 0. The molecular formula is C8H7BrN2. The first-order valence-electron chi connectivity index (χ1n) is 3.36. The fourth-order valence-corrected chi connectivity index (χ4v) is 1.69. The molecule has 11 heavy (non-hydrogen) atoms. The number of pyridine rings is 1. The highest BCUT2D eigenvalue weighted by molar-refractivity contribution is 9.10. The summed E-state index contributed by atoms with van der Waals surface area (Å²) >= 11 is 3.41. The van der Waals surface area contributed by atoms with Crippen LogP contribution in [0.25, 0.3) is 5.65 Å². The lowest BCUT2D eigenvalue weighted by Gasteiger charge is -1.98. The van der Waals surface area contributed by atoms with Gasteiger partial charge in [-0.1, -0.05) is 15.9 Å². The van der Waals surface area contributed by atoms with Gasteiger partial charge in [-0.15, -0.1) is 0 Å². The highest BCUT2D eigenvalue weighted by Gasteiger charge is 1.97. The van der Waals surface area contributed by atoms with Crippen molar-refractivity contribution in [3.05, 3.63) is 34.7 Å².